The summed E-state index contributed by atoms with van der Waals surface area (Å²) in [6.07, 6.45) is 4.31. The molecule has 2 nitrogen and oxygen atoms in total. The average Bonchev–Trinajstić information content (AvgIpc) is 2.13. The fourth-order valence-electron chi connectivity index (χ4n) is 2.15. The van der Waals surface area contributed by atoms with E-state index in [0.717, 1.165) is 17.7 Å². The first-order chi connectivity index (χ1) is 6.65. The normalized spacial score (nSPS) is 32.6. The number of hydrogen-bond acceptors (Lipinski definition) is 1. The van der Waals surface area contributed by atoms with E-state index in [0.29, 0.717) is 18.4 Å². The van der Waals surface area contributed by atoms with Gasteiger partial charge in [0.2, 0.25) is 5.91 Å². The highest BCUT2D eigenvalue weighted by Gasteiger charge is 2.27. The van der Waals surface area contributed by atoms with Crippen molar-refractivity contribution in [2.75, 3.05) is 5.33 Å². The summed E-state index contributed by atoms with van der Waals surface area (Å²) >= 11 is 3.28. The monoisotopic (exact) mass is 261 g/mol. The van der Waals surface area contributed by atoms with E-state index in [2.05, 4.69) is 35.1 Å². The van der Waals surface area contributed by atoms with Gasteiger partial charge in [-0.1, -0.05) is 42.6 Å². The molecule has 3 atom stereocenters. The number of nitrogens with one attached hydrogen (secondary N) is 1. The van der Waals surface area contributed by atoms with Crippen LogP contribution in [0.2, 0.25) is 0 Å². The van der Waals surface area contributed by atoms with Crippen LogP contribution < -0.4 is 5.32 Å². The van der Waals surface area contributed by atoms with E-state index in [1.807, 2.05) is 0 Å². The van der Waals surface area contributed by atoms with Crippen molar-refractivity contribution in [1.29, 1.82) is 0 Å². The van der Waals surface area contributed by atoms with Gasteiger partial charge in [-0.2, -0.15) is 0 Å². The number of carbonyl (C=O) groups is 1. The van der Waals surface area contributed by atoms with Crippen molar-refractivity contribution in [2.24, 2.45) is 11.8 Å². The topological polar surface area (TPSA) is 29.1 Å². The molecule has 14 heavy (non-hydrogen) atoms. The molecule has 0 aromatic carbocycles. The number of hydrogen-bond donors (Lipinski definition) is 1. The van der Waals surface area contributed by atoms with Gasteiger partial charge in [0.15, 0.2) is 0 Å². The Morgan fingerprint density at radius 1 is 1.43 bits per heavy atom. The van der Waals surface area contributed by atoms with E-state index in [1.54, 1.807) is 0 Å². The molecule has 82 valence electrons. The second-order valence-corrected chi connectivity index (χ2v) is 5.17. The molecular weight excluding hydrogens is 242 g/mol. The third kappa shape index (κ3) is 3.26. The Morgan fingerprint density at radius 2 is 2.14 bits per heavy atom. The molecule has 0 spiro atoms. The molecule has 0 heterocycles. The van der Waals surface area contributed by atoms with Crippen molar-refractivity contribution in [3.05, 3.63) is 0 Å². The predicted molar refractivity (Wildman–Crippen MR) is 62.5 cm³/mol. The van der Waals surface area contributed by atoms with E-state index in [-0.39, 0.29) is 5.91 Å². The SMILES string of the molecule is CC1CCCC(NC(=O)CCBr)C1C. The van der Waals surface area contributed by atoms with E-state index in [4.69, 9.17) is 0 Å². The van der Waals surface area contributed by atoms with Crippen molar-refractivity contribution in [1.82, 2.24) is 5.32 Å². The number of carbonyl (C=O) groups excluding carboxylic acids is 1. The lowest BCUT2D eigenvalue weighted by molar-refractivity contribution is -0.122. The summed E-state index contributed by atoms with van der Waals surface area (Å²) in [7, 11) is 0. The molecule has 0 aromatic rings. The Labute approximate surface area is 95.0 Å². The number of halogens is 1. The maximum atomic E-state index is 11.4. The van der Waals surface area contributed by atoms with Gasteiger partial charge in [0, 0.05) is 17.8 Å². The molecule has 1 aliphatic rings. The van der Waals surface area contributed by atoms with Crippen LogP contribution in [0.25, 0.3) is 0 Å². The van der Waals surface area contributed by atoms with Gasteiger partial charge < -0.3 is 5.32 Å². The van der Waals surface area contributed by atoms with Crippen LogP contribution in [-0.2, 0) is 4.79 Å². The fraction of sp³-hybridized carbons (Fsp3) is 0.909. The highest BCUT2D eigenvalue weighted by Crippen LogP contribution is 2.29. The van der Waals surface area contributed by atoms with Gasteiger partial charge >= 0.3 is 0 Å². The molecule has 1 rings (SSSR count). The molecule has 0 aromatic heterocycles. The van der Waals surface area contributed by atoms with E-state index in [1.165, 1.54) is 12.8 Å². The summed E-state index contributed by atoms with van der Waals surface area (Å²) in [6, 6.07) is 0.408. The van der Waals surface area contributed by atoms with Gasteiger partial charge in [-0.3, -0.25) is 4.79 Å². The molecule has 1 amide bonds. The first-order valence-electron chi connectivity index (χ1n) is 5.50. The largest absolute Gasteiger partial charge is 0.353 e. The lowest BCUT2D eigenvalue weighted by Gasteiger charge is -2.34. The molecule has 0 bridgehead atoms. The van der Waals surface area contributed by atoms with Gasteiger partial charge in [-0.05, 0) is 18.3 Å². The van der Waals surface area contributed by atoms with Crippen LogP contribution in [-0.4, -0.2) is 17.3 Å². The van der Waals surface area contributed by atoms with Gasteiger partial charge in [-0.15, -0.1) is 0 Å². The molecule has 0 radical (unpaired) electrons. The molecule has 0 saturated heterocycles. The zero-order valence-electron chi connectivity index (χ0n) is 9.05. The molecule has 1 saturated carbocycles. The van der Waals surface area contributed by atoms with Gasteiger partial charge in [0.25, 0.3) is 0 Å². The lowest BCUT2D eigenvalue weighted by Crippen LogP contribution is -2.43. The maximum absolute atomic E-state index is 11.4. The summed E-state index contributed by atoms with van der Waals surface area (Å²) < 4.78 is 0. The zero-order valence-corrected chi connectivity index (χ0v) is 10.6. The van der Waals surface area contributed by atoms with Crippen molar-refractivity contribution >= 4 is 21.8 Å². The van der Waals surface area contributed by atoms with Crippen LogP contribution in [0.4, 0.5) is 0 Å². The van der Waals surface area contributed by atoms with E-state index >= 15 is 0 Å². The molecular formula is C11H20BrNO. The van der Waals surface area contributed by atoms with E-state index in [9.17, 15) is 4.79 Å². The summed E-state index contributed by atoms with van der Waals surface area (Å²) in [5.74, 6) is 1.56. The Kier molecular flexibility index (Phi) is 4.93. The summed E-state index contributed by atoms with van der Waals surface area (Å²) in [5.41, 5.74) is 0. The highest BCUT2D eigenvalue weighted by molar-refractivity contribution is 9.09. The zero-order chi connectivity index (χ0) is 10.6. The first kappa shape index (κ1) is 12.0. The van der Waals surface area contributed by atoms with Gasteiger partial charge in [-0.25, -0.2) is 0 Å². The Morgan fingerprint density at radius 3 is 2.79 bits per heavy atom. The van der Waals surface area contributed by atoms with Crippen LogP contribution in [0.5, 0.6) is 0 Å². The van der Waals surface area contributed by atoms with Crippen molar-refractivity contribution in [2.45, 2.75) is 45.6 Å². The Bertz CT molecular complexity index is 196. The second kappa shape index (κ2) is 5.74. The second-order valence-electron chi connectivity index (χ2n) is 4.38. The number of rotatable bonds is 3. The minimum absolute atomic E-state index is 0.188. The van der Waals surface area contributed by atoms with Crippen molar-refractivity contribution < 1.29 is 4.79 Å². The van der Waals surface area contributed by atoms with Crippen molar-refractivity contribution in [3.63, 3.8) is 0 Å². The fourth-order valence-corrected chi connectivity index (χ4v) is 2.51. The molecule has 1 fully saturated rings. The molecule has 0 aliphatic heterocycles. The van der Waals surface area contributed by atoms with Gasteiger partial charge in [0.1, 0.15) is 0 Å². The van der Waals surface area contributed by atoms with Crippen LogP contribution in [0.3, 0.4) is 0 Å². The lowest BCUT2D eigenvalue weighted by atomic mass is 9.78. The molecule has 1 aliphatic carbocycles. The first-order valence-corrected chi connectivity index (χ1v) is 6.62. The standard InChI is InChI=1S/C11H20BrNO/c1-8-4-3-5-10(9(8)2)13-11(14)6-7-12/h8-10H,3-7H2,1-2H3,(H,13,14). The van der Waals surface area contributed by atoms with Crippen LogP contribution >= 0.6 is 15.9 Å². The maximum Gasteiger partial charge on any atom is 0.221 e. The summed E-state index contributed by atoms with van der Waals surface area (Å²) in [4.78, 5) is 11.4. The van der Waals surface area contributed by atoms with Crippen molar-refractivity contribution in [3.8, 4) is 0 Å². The van der Waals surface area contributed by atoms with Crippen LogP contribution in [0.15, 0.2) is 0 Å². The number of amides is 1. The van der Waals surface area contributed by atoms with Crippen LogP contribution in [0.1, 0.15) is 39.5 Å². The molecule has 3 unspecified atom stereocenters. The van der Waals surface area contributed by atoms with Crippen LogP contribution in [0, 0.1) is 11.8 Å². The van der Waals surface area contributed by atoms with E-state index < -0.39 is 0 Å². The highest BCUT2D eigenvalue weighted by atomic mass is 79.9. The predicted octanol–water partition coefficient (Wildman–Crippen LogP) is 2.71. The third-order valence-corrected chi connectivity index (χ3v) is 3.77. The molecule has 1 N–H and O–H groups in total. The Hall–Kier alpha value is -0.0500. The minimum Gasteiger partial charge on any atom is -0.353 e. The van der Waals surface area contributed by atoms with Gasteiger partial charge in [0.05, 0.1) is 0 Å². The number of alkyl halides is 1. The smallest absolute Gasteiger partial charge is 0.221 e. The summed E-state index contributed by atoms with van der Waals surface area (Å²) in [6.45, 7) is 4.54. The average molecular weight is 262 g/mol. The quantitative estimate of drug-likeness (QED) is 0.778. The third-order valence-electron chi connectivity index (χ3n) is 3.37. The minimum atomic E-state index is 0.188. The molecule has 3 heteroatoms. The summed E-state index contributed by atoms with van der Waals surface area (Å²) in [5, 5.41) is 3.89. The Balaban J connectivity index is 2.39.